The van der Waals surface area contributed by atoms with Gasteiger partial charge < -0.3 is 5.11 Å². The van der Waals surface area contributed by atoms with Gasteiger partial charge in [0.25, 0.3) is 0 Å². The average Bonchev–Trinajstić information content (AvgIpc) is 2.82. The van der Waals surface area contributed by atoms with Crippen molar-refractivity contribution >= 4 is 30.2 Å². The van der Waals surface area contributed by atoms with Crippen LogP contribution in [-0.2, 0) is 17.0 Å². The Labute approximate surface area is 117 Å². The molecule has 0 saturated heterocycles. The van der Waals surface area contributed by atoms with E-state index in [1.54, 1.807) is 24.3 Å². The summed E-state index contributed by atoms with van der Waals surface area (Å²) in [4.78, 5) is 0. The monoisotopic (exact) mass is 311 g/mol. The van der Waals surface area contributed by atoms with Crippen LogP contribution in [-0.4, -0.2) is 5.11 Å². The van der Waals surface area contributed by atoms with Crippen LogP contribution in [0.5, 0.6) is 5.75 Å². The van der Waals surface area contributed by atoms with Crippen LogP contribution in [0.1, 0.15) is 0 Å². The maximum atomic E-state index is 8.79. The summed E-state index contributed by atoms with van der Waals surface area (Å²) in [6, 6.07) is 6.67. The molecular weight excluding hydrogens is 302 g/mol. The normalized spacial score (nSPS) is 10.9. The first kappa shape index (κ1) is 16.1. The molecule has 1 aliphatic carbocycles. The molecule has 5 heteroatoms. The molecule has 1 N–H and O–H groups in total. The molecule has 0 fully saturated rings. The summed E-state index contributed by atoms with van der Waals surface area (Å²) in [5.41, 5.74) is 0. The summed E-state index contributed by atoms with van der Waals surface area (Å²) < 4.78 is 0. The topological polar surface area (TPSA) is 20.2 Å². The summed E-state index contributed by atoms with van der Waals surface area (Å²) in [5, 5.41) is 9.18. The molecule has 0 spiro atoms. The van der Waals surface area contributed by atoms with Crippen molar-refractivity contribution in [3.8, 4) is 5.75 Å². The van der Waals surface area contributed by atoms with Gasteiger partial charge in [-0.3, -0.25) is 0 Å². The van der Waals surface area contributed by atoms with Gasteiger partial charge in [0.1, 0.15) is 5.75 Å². The molecule has 1 aliphatic rings. The standard InChI is InChI=1S/C6H5ClO.C5H5.2ClH.Ti/c7-5-3-1-2-4-6(5)8;1-2-4-5-3-1;;;/h1-4,8H;1-5H;2*1H;/q;;;;+2/p-2. The Balaban J connectivity index is 0.000000241. The number of halogens is 3. The zero-order valence-electron chi connectivity index (χ0n) is 8.28. The van der Waals surface area contributed by atoms with Crippen LogP contribution in [0.2, 0.25) is 5.02 Å². The molecule has 1 nitrogen and oxygen atoms in total. The Bertz CT molecular complexity index is 309. The van der Waals surface area contributed by atoms with Crippen LogP contribution in [0.4, 0.5) is 0 Å². The van der Waals surface area contributed by atoms with Crippen molar-refractivity contribution in [2.24, 2.45) is 0 Å². The number of hydrogen-bond acceptors (Lipinski definition) is 1. The minimum absolute atomic E-state index is 0.133. The number of benzene rings is 1. The van der Waals surface area contributed by atoms with Gasteiger partial charge in [-0.25, -0.2) is 0 Å². The van der Waals surface area contributed by atoms with Crippen LogP contribution in [0.15, 0.2) is 48.6 Å². The van der Waals surface area contributed by atoms with E-state index in [9.17, 15) is 0 Å². The van der Waals surface area contributed by atoms with E-state index in [-0.39, 0.29) is 5.75 Å². The van der Waals surface area contributed by atoms with Crippen LogP contribution >= 0.6 is 30.2 Å². The van der Waals surface area contributed by atoms with Crippen molar-refractivity contribution in [3.63, 3.8) is 0 Å². The number of allylic oxidation sites excluding steroid dienone is 4. The van der Waals surface area contributed by atoms with E-state index in [1.165, 1.54) is 0 Å². The second kappa shape index (κ2) is 11.6. The maximum absolute atomic E-state index is 8.79. The van der Waals surface area contributed by atoms with E-state index >= 15 is 0 Å². The molecular formula is C11H10Cl3OTi. The second-order valence-corrected chi connectivity index (χ2v) is 5.47. The molecule has 1 aromatic rings. The predicted octanol–water partition coefficient (Wildman–Crippen LogP) is 4.74. The third kappa shape index (κ3) is 9.32. The second-order valence-electron chi connectivity index (χ2n) is 2.49. The van der Waals surface area contributed by atoms with Crippen LogP contribution in [0.25, 0.3) is 0 Å². The number of aromatic hydroxyl groups is 1. The fraction of sp³-hybridized carbons (Fsp3) is 0. The molecule has 0 saturated carbocycles. The molecule has 85 valence electrons. The Kier molecular flexibility index (Phi) is 11.6. The van der Waals surface area contributed by atoms with E-state index in [1.807, 2.05) is 30.7 Å². The Morgan fingerprint density at radius 1 is 0.938 bits per heavy atom. The minimum atomic E-state index is -0.556. The third-order valence-corrected chi connectivity index (χ3v) is 1.73. The summed E-state index contributed by atoms with van der Waals surface area (Å²) in [7, 11) is 9.78. The fourth-order valence-electron chi connectivity index (χ4n) is 0.772. The fourth-order valence-corrected chi connectivity index (χ4v) is 0.908. The van der Waals surface area contributed by atoms with E-state index in [2.05, 4.69) is 0 Å². The van der Waals surface area contributed by atoms with Gasteiger partial charge in [0.15, 0.2) is 0 Å². The van der Waals surface area contributed by atoms with Crippen molar-refractivity contribution in [1.82, 2.24) is 0 Å². The first-order valence-corrected chi connectivity index (χ1v) is 8.96. The number of rotatable bonds is 0. The predicted molar refractivity (Wildman–Crippen MR) is 67.4 cm³/mol. The summed E-state index contributed by atoms with van der Waals surface area (Å²) in [6.07, 6.45) is 10.0. The number of para-hydroxylation sites is 1. The van der Waals surface area contributed by atoms with E-state index in [4.69, 9.17) is 35.3 Å². The summed E-state index contributed by atoms with van der Waals surface area (Å²) in [5.74, 6) is 0.133. The number of phenols is 1. The molecule has 0 aliphatic heterocycles. The van der Waals surface area contributed by atoms with Gasteiger partial charge in [0.05, 0.1) is 5.02 Å². The van der Waals surface area contributed by atoms with Crippen LogP contribution in [0.3, 0.4) is 0 Å². The SMILES string of the molecule is Oc1ccccc1Cl.[CH]1C=CC=C1.[Cl][Ti][Cl]. The van der Waals surface area contributed by atoms with Crippen LogP contribution < -0.4 is 0 Å². The Morgan fingerprint density at radius 2 is 1.44 bits per heavy atom. The molecule has 1 aromatic carbocycles. The molecule has 0 aromatic heterocycles. The molecule has 0 amide bonds. The van der Waals surface area contributed by atoms with E-state index < -0.39 is 17.0 Å². The molecule has 0 heterocycles. The van der Waals surface area contributed by atoms with Gasteiger partial charge in [-0.2, -0.15) is 0 Å². The van der Waals surface area contributed by atoms with Gasteiger partial charge in [-0.05, 0) is 12.1 Å². The molecule has 0 atom stereocenters. The zero-order chi connectivity index (χ0) is 12.2. The third-order valence-electron chi connectivity index (χ3n) is 1.41. The van der Waals surface area contributed by atoms with Gasteiger partial charge in [-0.1, -0.05) is 48.0 Å². The first-order valence-electron chi connectivity index (χ1n) is 4.28. The quantitative estimate of drug-likeness (QED) is 0.686. The molecule has 2 rings (SSSR count). The van der Waals surface area contributed by atoms with E-state index in [0.717, 1.165) is 0 Å². The molecule has 16 heavy (non-hydrogen) atoms. The van der Waals surface area contributed by atoms with Crippen molar-refractivity contribution in [1.29, 1.82) is 0 Å². The van der Waals surface area contributed by atoms with Crippen molar-refractivity contribution < 1.29 is 22.1 Å². The van der Waals surface area contributed by atoms with Crippen molar-refractivity contribution in [2.75, 3.05) is 0 Å². The van der Waals surface area contributed by atoms with Crippen molar-refractivity contribution in [3.05, 3.63) is 60.0 Å². The summed E-state index contributed by atoms with van der Waals surface area (Å²) in [6.45, 7) is 0. The molecule has 1 radical (unpaired) electrons. The van der Waals surface area contributed by atoms with Gasteiger partial charge in [0.2, 0.25) is 0 Å². The van der Waals surface area contributed by atoms with Crippen molar-refractivity contribution in [2.45, 2.75) is 0 Å². The van der Waals surface area contributed by atoms with Gasteiger partial charge >= 0.3 is 35.6 Å². The van der Waals surface area contributed by atoms with Crippen LogP contribution in [0, 0.1) is 6.42 Å². The number of hydrogen-bond donors (Lipinski definition) is 1. The molecule has 0 bridgehead atoms. The first-order chi connectivity index (χ1) is 7.72. The van der Waals surface area contributed by atoms with Gasteiger partial charge in [0, 0.05) is 6.42 Å². The average molecular weight is 312 g/mol. The number of phenolic OH excluding ortho intramolecular Hbond substituents is 1. The van der Waals surface area contributed by atoms with Gasteiger partial charge in [-0.15, -0.1) is 0 Å². The zero-order valence-corrected chi connectivity index (χ0v) is 12.1. The Hall–Kier alpha value is 0.0843. The Morgan fingerprint density at radius 3 is 1.69 bits per heavy atom. The summed E-state index contributed by atoms with van der Waals surface area (Å²) >= 11 is 4.90. The molecule has 0 unspecified atom stereocenters. The van der Waals surface area contributed by atoms with E-state index in [0.29, 0.717) is 5.02 Å².